The average Bonchev–Trinajstić information content (AvgIpc) is 3.26. The Bertz CT molecular complexity index is 1280. The summed E-state index contributed by atoms with van der Waals surface area (Å²) >= 11 is 0. The number of aryl methyl sites for hydroxylation is 1. The molecule has 5 nitrogen and oxygen atoms in total. The first-order chi connectivity index (χ1) is 16.6. The molecule has 174 valence electrons. The van der Waals surface area contributed by atoms with Gasteiger partial charge in [0.15, 0.2) is 0 Å². The van der Waals surface area contributed by atoms with Crippen LogP contribution in [0, 0.1) is 5.82 Å². The highest BCUT2D eigenvalue weighted by Gasteiger charge is 2.21. The molecule has 6 heteroatoms. The van der Waals surface area contributed by atoms with Crippen LogP contribution in [0.2, 0.25) is 0 Å². The molecule has 0 saturated carbocycles. The number of benzene rings is 2. The van der Waals surface area contributed by atoms with Crippen LogP contribution < -0.4 is 10.2 Å². The Morgan fingerprint density at radius 1 is 1.03 bits per heavy atom. The lowest BCUT2D eigenvalue weighted by Crippen LogP contribution is -2.32. The van der Waals surface area contributed by atoms with E-state index in [0.29, 0.717) is 35.9 Å². The van der Waals surface area contributed by atoms with Crippen LogP contribution >= 0.6 is 0 Å². The minimum Gasteiger partial charge on any atom is -0.371 e. The minimum atomic E-state index is -0.398. The summed E-state index contributed by atoms with van der Waals surface area (Å²) in [5.41, 5.74) is 5.31. The molecule has 1 amide bonds. The lowest BCUT2D eigenvalue weighted by molar-refractivity contribution is 0.0944. The quantitative estimate of drug-likeness (QED) is 0.426. The smallest absolute Gasteiger partial charge is 0.270 e. The Labute approximate surface area is 199 Å². The van der Waals surface area contributed by atoms with Crippen molar-refractivity contribution in [1.29, 1.82) is 0 Å². The molecule has 34 heavy (non-hydrogen) atoms. The van der Waals surface area contributed by atoms with Gasteiger partial charge in [0.2, 0.25) is 0 Å². The molecular formula is C28H29FN4O. The van der Waals surface area contributed by atoms with Gasteiger partial charge in [0.1, 0.15) is 17.2 Å². The second-order valence-electron chi connectivity index (χ2n) is 8.86. The number of anilines is 1. The normalized spacial score (nSPS) is 14.5. The molecule has 1 saturated heterocycles. The molecule has 0 unspecified atom stereocenters. The molecule has 0 radical (unpaired) electrons. The van der Waals surface area contributed by atoms with Gasteiger partial charge in [0.05, 0.1) is 5.69 Å². The molecule has 2 aromatic carbocycles. The molecular weight excluding hydrogens is 427 g/mol. The van der Waals surface area contributed by atoms with Crippen LogP contribution in [0.3, 0.4) is 0 Å². The number of hydrogen-bond donors (Lipinski definition) is 1. The van der Waals surface area contributed by atoms with E-state index in [0.717, 1.165) is 31.5 Å². The highest BCUT2D eigenvalue weighted by molar-refractivity contribution is 5.94. The summed E-state index contributed by atoms with van der Waals surface area (Å²) in [7, 11) is 0. The number of rotatable bonds is 6. The molecule has 1 fully saturated rings. The zero-order valence-electron chi connectivity index (χ0n) is 19.4. The van der Waals surface area contributed by atoms with Crippen LogP contribution in [0.4, 0.5) is 10.1 Å². The van der Waals surface area contributed by atoms with Crippen molar-refractivity contribution >= 4 is 17.2 Å². The van der Waals surface area contributed by atoms with E-state index < -0.39 is 5.82 Å². The van der Waals surface area contributed by atoms with Gasteiger partial charge in [0, 0.05) is 31.5 Å². The molecule has 2 aromatic heterocycles. The Morgan fingerprint density at radius 3 is 2.47 bits per heavy atom. The maximum Gasteiger partial charge on any atom is 0.270 e. The fourth-order valence-corrected chi connectivity index (χ4v) is 4.84. The molecule has 4 aromatic rings. The van der Waals surface area contributed by atoms with E-state index in [4.69, 9.17) is 0 Å². The summed E-state index contributed by atoms with van der Waals surface area (Å²) in [6, 6.07) is 22.1. The SMILES string of the molecule is CCc1nc2ccc(F)cn2c1C(=O)NCc1ccc(N2CCC(c3ccccc3)CC2)cc1. The summed E-state index contributed by atoms with van der Waals surface area (Å²) in [5, 5.41) is 2.97. The first kappa shape index (κ1) is 22.1. The topological polar surface area (TPSA) is 49.6 Å². The third kappa shape index (κ3) is 4.53. The van der Waals surface area contributed by atoms with E-state index in [2.05, 4.69) is 69.8 Å². The minimum absolute atomic E-state index is 0.248. The second-order valence-corrected chi connectivity index (χ2v) is 8.86. The predicted octanol–water partition coefficient (Wildman–Crippen LogP) is 5.35. The number of imidazole rings is 1. The van der Waals surface area contributed by atoms with Crippen molar-refractivity contribution in [2.75, 3.05) is 18.0 Å². The fourth-order valence-electron chi connectivity index (χ4n) is 4.84. The van der Waals surface area contributed by atoms with Gasteiger partial charge in [-0.25, -0.2) is 9.37 Å². The van der Waals surface area contributed by atoms with Crippen molar-refractivity contribution in [2.45, 2.75) is 38.6 Å². The van der Waals surface area contributed by atoms with Gasteiger partial charge in [-0.15, -0.1) is 0 Å². The Kier molecular flexibility index (Phi) is 6.30. The number of amides is 1. The molecule has 1 N–H and O–H groups in total. The van der Waals surface area contributed by atoms with Gasteiger partial charge in [0.25, 0.3) is 5.91 Å². The molecule has 0 aliphatic carbocycles. The lowest BCUT2D eigenvalue weighted by Gasteiger charge is -2.34. The zero-order valence-corrected chi connectivity index (χ0v) is 19.4. The number of piperidine rings is 1. The largest absolute Gasteiger partial charge is 0.371 e. The van der Waals surface area contributed by atoms with Crippen molar-refractivity contribution in [1.82, 2.24) is 14.7 Å². The number of carbonyl (C=O) groups is 1. The van der Waals surface area contributed by atoms with E-state index in [1.807, 2.05) is 6.92 Å². The van der Waals surface area contributed by atoms with Gasteiger partial charge < -0.3 is 10.2 Å². The lowest BCUT2D eigenvalue weighted by atomic mass is 9.89. The Hall–Kier alpha value is -3.67. The fraction of sp³-hybridized carbons (Fsp3) is 0.286. The highest BCUT2D eigenvalue weighted by Crippen LogP contribution is 2.30. The summed E-state index contributed by atoms with van der Waals surface area (Å²) in [6.07, 6.45) is 4.22. The van der Waals surface area contributed by atoms with E-state index in [1.54, 1.807) is 6.07 Å². The number of pyridine rings is 1. The van der Waals surface area contributed by atoms with E-state index >= 15 is 0 Å². The summed E-state index contributed by atoms with van der Waals surface area (Å²) in [6.45, 7) is 4.43. The van der Waals surface area contributed by atoms with Crippen molar-refractivity contribution in [3.05, 3.63) is 101 Å². The van der Waals surface area contributed by atoms with Crippen LogP contribution in [0.15, 0.2) is 72.9 Å². The van der Waals surface area contributed by atoms with Gasteiger partial charge in [-0.1, -0.05) is 49.4 Å². The molecule has 0 atom stereocenters. The number of nitrogens with zero attached hydrogens (tertiary/aromatic N) is 3. The standard InChI is InChI=1S/C28H29FN4O/c1-2-25-27(33-19-23(29)10-13-26(33)31-25)28(34)30-18-20-8-11-24(12-9-20)32-16-14-22(15-17-32)21-6-4-3-5-7-21/h3-13,19,22H,2,14-18H2,1H3,(H,30,34). The molecule has 0 bridgehead atoms. The third-order valence-corrected chi connectivity index (χ3v) is 6.73. The monoisotopic (exact) mass is 456 g/mol. The summed E-state index contributed by atoms with van der Waals surface area (Å²) < 4.78 is 15.3. The average molecular weight is 457 g/mol. The maximum atomic E-state index is 13.8. The van der Waals surface area contributed by atoms with Crippen molar-refractivity contribution in [3.63, 3.8) is 0 Å². The van der Waals surface area contributed by atoms with E-state index in [9.17, 15) is 9.18 Å². The highest BCUT2D eigenvalue weighted by atomic mass is 19.1. The van der Waals surface area contributed by atoms with Gasteiger partial charge in [-0.05, 0) is 60.6 Å². The van der Waals surface area contributed by atoms with E-state index in [-0.39, 0.29) is 5.91 Å². The van der Waals surface area contributed by atoms with Gasteiger partial charge in [-0.3, -0.25) is 9.20 Å². The van der Waals surface area contributed by atoms with Crippen LogP contribution in [0.1, 0.15) is 53.0 Å². The van der Waals surface area contributed by atoms with Crippen LogP contribution in [-0.4, -0.2) is 28.4 Å². The molecule has 3 heterocycles. The van der Waals surface area contributed by atoms with Crippen LogP contribution in [0.25, 0.3) is 5.65 Å². The zero-order chi connectivity index (χ0) is 23.5. The summed E-state index contributed by atoms with van der Waals surface area (Å²) in [4.78, 5) is 19.8. The molecule has 0 spiro atoms. The summed E-state index contributed by atoms with van der Waals surface area (Å²) in [5.74, 6) is -0.0138. The number of hydrogen-bond acceptors (Lipinski definition) is 3. The first-order valence-corrected chi connectivity index (χ1v) is 12.0. The number of carbonyl (C=O) groups excluding carboxylic acids is 1. The number of aromatic nitrogens is 2. The van der Waals surface area contributed by atoms with E-state index in [1.165, 1.54) is 27.9 Å². The van der Waals surface area contributed by atoms with Crippen LogP contribution in [-0.2, 0) is 13.0 Å². The van der Waals surface area contributed by atoms with Crippen molar-refractivity contribution in [3.8, 4) is 0 Å². The van der Waals surface area contributed by atoms with Gasteiger partial charge >= 0.3 is 0 Å². The maximum absolute atomic E-state index is 13.8. The van der Waals surface area contributed by atoms with Crippen molar-refractivity contribution < 1.29 is 9.18 Å². The van der Waals surface area contributed by atoms with Crippen molar-refractivity contribution in [2.24, 2.45) is 0 Å². The number of fused-ring (bicyclic) bond motifs is 1. The predicted molar refractivity (Wildman–Crippen MR) is 133 cm³/mol. The third-order valence-electron chi connectivity index (χ3n) is 6.73. The Balaban J connectivity index is 1.21. The molecule has 1 aliphatic rings. The molecule has 1 aliphatic heterocycles. The second kappa shape index (κ2) is 9.67. The van der Waals surface area contributed by atoms with Gasteiger partial charge in [-0.2, -0.15) is 0 Å². The number of halogens is 1. The first-order valence-electron chi connectivity index (χ1n) is 12.0. The van der Waals surface area contributed by atoms with Crippen LogP contribution in [0.5, 0.6) is 0 Å². The Morgan fingerprint density at radius 2 is 1.76 bits per heavy atom. The number of nitrogens with one attached hydrogen (secondary N) is 1. The molecule has 5 rings (SSSR count).